The van der Waals surface area contributed by atoms with E-state index in [1.165, 1.54) is 47.5 Å². The van der Waals surface area contributed by atoms with Gasteiger partial charge in [0.05, 0.1) is 11.2 Å². The van der Waals surface area contributed by atoms with Crippen molar-refractivity contribution in [3.8, 4) is 0 Å². The van der Waals surface area contributed by atoms with Crippen LogP contribution in [0.2, 0.25) is 0 Å². The molecule has 3 nitrogen and oxygen atoms in total. The largest absolute Gasteiger partial charge is 0.494 e. The second-order valence-electron chi connectivity index (χ2n) is 9.09. The Morgan fingerprint density at radius 1 is 0.821 bits per heavy atom. The molecule has 1 aliphatic heterocycles. The summed E-state index contributed by atoms with van der Waals surface area (Å²) in [5.41, 5.74) is 3.08. The van der Waals surface area contributed by atoms with Gasteiger partial charge in [0.1, 0.15) is 0 Å². The summed E-state index contributed by atoms with van der Waals surface area (Å²) in [6.07, 6.45) is 5.09. The first-order valence-corrected chi connectivity index (χ1v) is 10.7. The lowest BCUT2D eigenvalue weighted by atomic mass is 9.78. The molecule has 3 aromatic rings. The fourth-order valence-corrected chi connectivity index (χ4v) is 4.13. The molecule has 0 spiro atoms. The number of nitrogens with zero attached hydrogens (tertiary/aromatic N) is 1. The molecule has 0 bridgehead atoms. The van der Waals surface area contributed by atoms with Gasteiger partial charge in [-0.15, -0.1) is 0 Å². The molecule has 1 aromatic heterocycles. The molecule has 0 radical (unpaired) electrons. The Labute approximate surface area is 169 Å². The molecule has 4 rings (SSSR count). The Morgan fingerprint density at radius 2 is 1.50 bits per heavy atom. The Kier molecular flexibility index (Phi) is 5.05. The molecule has 0 N–H and O–H groups in total. The summed E-state index contributed by atoms with van der Waals surface area (Å²) >= 11 is 0. The molecule has 0 unspecified atom stereocenters. The first-order chi connectivity index (χ1) is 13.3. The van der Waals surface area contributed by atoms with Crippen molar-refractivity contribution in [1.29, 1.82) is 0 Å². The van der Waals surface area contributed by atoms with Crippen LogP contribution >= 0.6 is 0 Å². The SMILES string of the molecule is CCCCCCn1c2ccccc2c2cc(B3OC(C)(C)C(C)(C)O3)ccc21. The van der Waals surface area contributed by atoms with Crippen molar-refractivity contribution < 1.29 is 9.31 Å². The molecule has 1 fully saturated rings. The number of hydrogen-bond donors (Lipinski definition) is 0. The summed E-state index contributed by atoms with van der Waals surface area (Å²) < 4.78 is 15.0. The first kappa shape index (κ1) is 19.5. The van der Waals surface area contributed by atoms with E-state index in [-0.39, 0.29) is 18.3 Å². The molecular weight excluding hydrogens is 345 g/mol. The molecule has 0 saturated carbocycles. The van der Waals surface area contributed by atoms with E-state index in [9.17, 15) is 0 Å². The van der Waals surface area contributed by atoms with Crippen molar-refractivity contribution >= 4 is 34.4 Å². The van der Waals surface area contributed by atoms with Gasteiger partial charge in [-0.05, 0) is 51.7 Å². The smallest absolute Gasteiger partial charge is 0.399 e. The number of hydrogen-bond acceptors (Lipinski definition) is 2. The number of aromatic nitrogens is 1. The normalized spacial score (nSPS) is 18.4. The van der Waals surface area contributed by atoms with E-state index in [1.54, 1.807) is 0 Å². The van der Waals surface area contributed by atoms with Crippen molar-refractivity contribution in [2.45, 2.75) is 78.0 Å². The lowest BCUT2D eigenvalue weighted by molar-refractivity contribution is 0.00578. The summed E-state index contributed by atoms with van der Waals surface area (Å²) in [5.74, 6) is 0. The third kappa shape index (κ3) is 3.27. The molecule has 1 saturated heterocycles. The van der Waals surface area contributed by atoms with E-state index >= 15 is 0 Å². The van der Waals surface area contributed by atoms with Gasteiger partial charge in [-0.25, -0.2) is 0 Å². The Bertz CT molecular complexity index is 973. The second kappa shape index (κ2) is 7.24. The average Bonchev–Trinajstić information content (AvgIpc) is 3.09. The van der Waals surface area contributed by atoms with Gasteiger partial charge in [0.25, 0.3) is 0 Å². The van der Waals surface area contributed by atoms with Crippen LogP contribution in [0.25, 0.3) is 21.8 Å². The van der Waals surface area contributed by atoms with Crippen LogP contribution in [0.3, 0.4) is 0 Å². The van der Waals surface area contributed by atoms with Crippen LogP contribution in [0.4, 0.5) is 0 Å². The molecule has 1 aliphatic rings. The molecule has 0 amide bonds. The molecule has 2 heterocycles. The highest BCUT2D eigenvalue weighted by molar-refractivity contribution is 6.62. The van der Waals surface area contributed by atoms with E-state index in [1.807, 2.05) is 0 Å². The summed E-state index contributed by atoms with van der Waals surface area (Å²) in [6.45, 7) is 11.8. The predicted molar refractivity (Wildman–Crippen MR) is 119 cm³/mol. The molecule has 2 aromatic carbocycles. The van der Waals surface area contributed by atoms with Crippen LogP contribution in [-0.2, 0) is 15.9 Å². The highest BCUT2D eigenvalue weighted by atomic mass is 16.7. The van der Waals surface area contributed by atoms with E-state index < -0.39 is 0 Å². The van der Waals surface area contributed by atoms with E-state index in [0.717, 1.165) is 12.0 Å². The quantitative estimate of drug-likeness (QED) is 0.408. The predicted octanol–water partition coefficient (Wildman–Crippen LogP) is 5.67. The third-order valence-corrected chi connectivity index (χ3v) is 6.56. The zero-order valence-corrected chi connectivity index (χ0v) is 17.9. The minimum atomic E-state index is -0.320. The number of unbranched alkanes of at least 4 members (excludes halogenated alkanes) is 3. The second-order valence-corrected chi connectivity index (χ2v) is 9.09. The highest BCUT2D eigenvalue weighted by Gasteiger charge is 2.51. The zero-order chi connectivity index (χ0) is 19.9. The Hall–Kier alpha value is -1.78. The van der Waals surface area contributed by atoms with Gasteiger partial charge in [0, 0.05) is 28.4 Å². The van der Waals surface area contributed by atoms with Gasteiger partial charge in [-0.1, -0.05) is 56.5 Å². The van der Waals surface area contributed by atoms with Gasteiger partial charge in [-0.3, -0.25) is 0 Å². The van der Waals surface area contributed by atoms with Gasteiger partial charge < -0.3 is 13.9 Å². The minimum Gasteiger partial charge on any atom is -0.399 e. The van der Waals surface area contributed by atoms with Crippen molar-refractivity contribution in [1.82, 2.24) is 4.57 Å². The van der Waals surface area contributed by atoms with E-state index in [0.29, 0.717) is 0 Å². The molecule has 0 atom stereocenters. The third-order valence-electron chi connectivity index (χ3n) is 6.56. The fourth-order valence-electron chi connectivity index (χ4n) is 4.13. The van der Waals surface area contributed by atoms with Gasteiger partial charge in [0.2, 0.25) is 0 Å². The van der Waals surface area contributed by atoms with Crippen molar-refractivity contribution in [3.05, 3.63) is 42.5 Å². The maximum atomic E-state index is 6.28. The first-order valence-electron chi connectivity index (χ1n) is 10.7. The summed E-state index contributed by atoms with van der Waals surface area (Å²) in [7, 11) is -0.318. The summed E-state index contributed by atoms with van der Waals surface area (Å²) in [5, 5.41) is 2.60. The number of aryl methyl sites for hydroxylation is 1. The molecule has 4 heteroatoms. The highest BCUT2D eigenvalue weighted by Crippen LogP contribution is 2.37. The minimum absolute atomic E-state index is 0.318. The van der Waals surface area contributed by atoms with Gasteiger partial charge in [0.15, 0.2) is 0 Å². The van der Waals surface area contributed by atoms with Crippen LogP contribution in [0.15, 0.2) is 42.5 Å². The molecule has 148 valence electrons. The maximum absolute atomic E-state index is 6.28. The lowest BCUT2D eigenvalue weighted by Crippen LogP contribution is -2.41. The molecule has 0 aliphatic carbocycles. The molecular formula is C24H32BNO2. The lowest BCUT2D eigenvalue weighted by Gasteiger charge is -2.32. The van der Waals surface area contributed by atoms with Crippen molar-refractivity contribution in [2.24, 2.45) is 0 Å². The van der Waals surface area contributed by atoms with Crippen LogP contribution in [0, 0.1) is 0 Å². The summed E-state index contributed by atoms with van der Waals surface area (Å²) in [4.78, 5) is 0. The zero-order valence-electron chi connectivity index (χ0n) is 17.9. The van der Waals surface area contributed by atoms with Gasteiger partial charge >= 0.3 is 7.12 Å². The van der Waals surface area contributed by atoms with Crippen molar-refractivity contribution in [3.63, 3.8) is 0 Å². The Morgan fingerprint density at radius 3 is 2.21 bits per heavy atom. The average molecular weight is 377 g/mol. The van der Waals surface area contributed by atoms with Crippen LogP contribution in [0.5, 0.6) is 0 Å². The van der Waals surface area contributed by atoms with Crippen molar-refractivity contribution in [2.75, 3.05) is 0 Å². The number of rotatable bonds is 6. The summed E-state index contributed by atoms with van der Waals surface area (Å²) in [6, 6.07) is 15.4. The van der Waals surface area contributed by atoms with Crippen LogP contribution in [0.1, 0.15) is 60.3 Å². The standard InChI is InChI=1S/C24H32BNO2/c1-6-7-8-11-16-26-21-13-10-9-12-19(21)20-17-18(14-15-22(20)26)25-27-23(2,3)24(4,5)28-25/h9-10,12-15,17H,6-8,11,16H2,1-5H3. The fraction of sp³-hybridized carbons (Fsp3) is 0.500. The monoisotopic (exact) mass is 377 g/mol. The van der Waals surface area contributed by atoms with Crippen LogP contribution in [-0.4, -0.2) is 22.9 Å². The maximum Gasteiger partial charge on any atom is 0.494 e. The number of benzene rings is 2. The van der Waals surface area contributed by atoms with E-state index in [4.69, 9.17) is 9.31 Å². The number of fused-ring (bicyclic) bond motifs is 3. The number of para-hydroxylation sites is 1. The topological polar surface area (TPSA) is 23.4 Å². The van der Waals surface area contributed by atoms with Gasteiger partial charge in [-0.2, -0.15) is 0 Å². The Balaban J connectivity index is 1.73. The van der Waals surface area contributed by atoms with E-state index in [2.05, 4.69) is 81.7 Å². The molecule has 28 heavy (non-hydrogen) atoms. The van der Waals surface area contributed by atoms with Crippen LogP contribution < -0.4 is 5.46 Å².